The Balaban J connectivity index is 2.46. The number of hydrogen-bond acceptors (Lipinski definition) is 2. The van der Waals surface area contributed by atoms with Crippen LogP contribution >= 0.6 is 15.9 Å². The van der Waals surface area contributed by atoms with Crippen molar-refractivity contribution in [2.24, 2.45) is 5.73 Å². The molecule has 0 aliphatic carbocycles. The van der Waals surface area contributed by atoms with E-state index in [9.17, 15) is 4.79 Å². The van der Waals surface area contributed by atoms with Gasteiger partial charge in [-0.3, -0.25) is 4.79 Å². The smallest absolute Gasteiger partial charge is 0.146 e. The van der Waals surface area contributed by atoms with Crippen LogP contribution < -0.4 is 5.73 Å². The number of halogens is 1. The fourth-order valence-corrected chi connectivity index (χ4v) is 1.30. The highest BCUT2D eigenvalue weighted by atomic mass is 79.9. The Labute approximate surface area is 86.3 Å². The van der Waals surface area contributed by atoms with E-state index in [1.807, 2.05) is 24.3 Å². The van der Waals surface area contributed by atoms with E-state index in [0.717, 1.165) is 10.9 Å². The Kier molecular flexibility index (Phi) is 4.12. The van der Waals surface area contributed by atoms with Crippen LogP contribution in [0.15, 0.2) is 28.7 Å². The summed E-state index contributed by atoms with van der Waals surface area (Å²) in [6, 6.07) is 7.96. The predicted molar refractivity (Wildman–Crippen MR) is 56.5 cm³/mol. The Morgan fingerprint density at radius 2 is 1.92 bits per heavy atom. The number of carbonyl (C=O) groups is 1. The van der Waals surface area contributed by atoms with E-state index >= 15 is 0 Å². The highest BCUT2D eigenvalue weighted by Gasteiger charge is 1.99. The molecule has 2 nitrogen and oxygen atoms in total. The van der Waals surface area contributed by atoms with Gasteiger partial charge in [-0.25, -0.2) is 0 Å². The number of aryl methyl sites for hydroxylation is 1. The first kappa shape index (κ1) is 10.4. The highest BCUT2D eigenvalue weighted by molar-refractivity contribution is 9.10. The molecule has 1 rings (SSSR count). The van der Waals surface area contributed by atoms with E-state index in [1.54, 1.807) is 0 Å². The monoisotopic (exact) mass is 241 g/mol. The summed E-state index contributed by atoms with van der Waals surface area (Å²) in [5.74, 6) is 0.114. The van der Waals surface area contributed by atoms with Crippen molar-refractivity contribution >= 4 is 21.7 Å². The van der Waals surface area contributed by atoms with Gasteiger partial charge in [0, 0.05) is 10.9 Å². The summed E-state index contributed by atoms with van der Waals surface area (Å²) >= 11 is 3.35. The third-order valence-corrected chi connectivity index (χ3v) is 2.36. The van der Waals surface area contributed by atoms with Crippen LogP contribution in [0.5, 0.6) is 0 Å². The topological polar surface area (TPSA) is 43.1 Å². The molecule has 2 N–H and O–H groups in total. The number of ketones is 1. The van der Waals surface area contributed by atoms with Gasteiger partial charge < -0.3 is 5.73 Å². The Morgan fingerprint density at radius 3 is 2.46 bits per heavy atom. The molecule has 1 aromatic carbocycles. The van der Waals surface area contributed by atoms with Gasteiger partial charge in [0.05, 0.1) is 6.54 Å². The van der Waals surface area contributed by atoms with Gasteiger partial charge in [-0.15, -0.1) is 0 Å². The van der Waals surface area contributed by atoms with Gasteiger partial charge in [-0.05, 0) is 24.1 Å². The highest BCUT2D eigenvalue weighted by Crippen LogP contribution is 2.11. The summed E-state index contributed by atoms with van der Waals surface area (Å²) in [7, 11) is 0. The van der Waals surface area contributed by atoms with Crippen molar-refractivity contribution in [2.75, 3.05) is 6.54 Å². The summed E-state index contributed by atoms with van der Waals surface area (Å²) in [4.78, 5) is 10.9. The molecule has 70 valence electrons. The quantitative estimate of drug-likeness (QED) is 0.876. The van der Waals surface area contributed by atoms with E-state index in [-0.39, 0.29) is 12.3 Å². The zero-order chi connectivity index (χ0) is 9.68. The van der Waals surface area contributed by atoms with Crippen LogP contribution in [0.2, 0.25) is 0 Å². The minimum absolute atomic E-state index is 0.114. The third kappa shape index (κ3) is 3.70. The number of benzene rings is 1. The lowest BCUT2D eigenvalue weighted by Crippen LogP contribution is -2.13. The molecule has 0 amide bonds. The van der Waals surface area contributed by atoms with Crippen molar-refractivity contribution in [3.63, 3.8) is 0 Å². The van der Waals surface area contributed by atoms with Crippen LogP contribution in [-0.4, -0.2) is 12.3 Å². The van der Waals surface area contributed by atoms with Crippen molar-refractivity contribution in [2.45, 2.75) is 12.8 Å². The summed E-state index contributed by atoms with van der Waals surface area (Å²) in [6.07, 6.45) is 1.32. The van der Waals surface area contributed by atoms with Gasteiger partial charge >= 0.3 is 0 Å². The fourth-order valence-electron chi connectivity index (χ4n) is 1.04. The number of nitrogens with two attached hydrogens (primary N) is 1. The Bertz CT molecular complexity index is 281. The molecule has 0 heterocycles. The van der Waals surface area contributed by atoms with E-state index in [2.05, 4.69) is 15.9 Å². The van der Waals surface area contributed by atoms with Gasteiger partial charge in [-0.2, -0.15) is 0 Å². The van der Waals surface area contributed by atoms with Gasteiger partial charge in [0.2, 0.25) is 0 Å². The molecule has 0 aliphatic rings. The third-order valence-electron chi connectivity index (χ3n) is 1.83. The van der Waals surface area contributed by atoms with Crippen LogP contribution in [0, 0.1) is 0 Å². The van der Waals surface area contributed by atoms with Crippen LogP contribution in [0.3, 0.4) is 0 Å². The Morgan fingerprint density at radius 1 is 1.31 bits per heavy atom. The number of carbonyl (C=O) groups excluding carboxylic acids is 1. The molecule has 0 aliphatic heterocycles. The lowest BCUT2D eigenvalue weighted by atomic mass is 10.1. The van der Waals surface area contributed by atoms with Crippen LogP contribution in [0.1, 0.15) is 12.0 Å². The predicted octanol–water partition coefficient (Wildman–Crippen LogP) is 1.91. The van der Waals surface area contributed by atoms with E-state index < -0.39 is 0 Å². The maximum absolute atomic E-state index is 10.9. The first-order chi connectivity index (χ1) is 6.22. The second-order valence-electron chi connectivity index (χ2n) is 2.87. The first-order valence-electron chi connectivity index (χ1n) is 4.18. The van der Waals surface area contributed by atoms with Gasteiger partial charge in [-0.1, -0.05) is 28.1 Å². The minimum Gasteiger partial charge on any atom is -0.324 e. The summed E-state index contributed by atoms with van der Waals surface area (Å²) < 4.78 is 1.06. The summed E-state index contributed by atoms with van der Waals surface area (Å²) in [5, 5.41) is 0. The second kappa shape index (κ2) is 5.14. The molecule has 0 saturated heterocycles. The molecule has 0 aromatic heterocycles. The van der Waals surface area contributed by atoms with Crippen LogP contribution in [0.4, 0.5) is 0 Å². The van der Waals surface area contributed by atoms with Crippen molar-refractivity contribution in [3.05, 3.63) is 34.3 Å². The molecule has 0 atom stereocenters. The second-order valence-corrected chi connectivity index (χ2v) is 3.78. The molecular weight excluding hydrogens is 230 g/mol. The first-order valence-corrected chi connectivity index (χ1v) is 4.98. The summed E-state index contributed by atoms with van der Waals surface area (Å²) in [6.45, 7) is 0.149. The lowest BCUT2D eigenvalue weighted by molar-refractivity contribution is -0.117. The fraction of sp³-hybridized carbons (Fsp3) is 0.300. The number of hydrogen-bond donors (Lipinski definition) is 1. The Hall–Kier alpha value is -0.670. The SMILES string of the molecule is NCC(=O)CCc1ccc(Br)cc1. The standard InChI is InChI=1S/C10H12BrNO/c11-9-4-1-8(2-5-9)3-6-10(13)7-12/h1-2,4-5H,3,6-7,12H2. The zero-order valence-electron chi connectivity index (χ0n) is 7.29. The normalized spacial score (nSPS) is 10.0. The van der Waals surface area contributed by atoms with E-state index in [0.29, 0.717) is 6.42 Å². The van der Waals surface area contributed by atoms with E-state index in [1.165, 1.54) is 5.56 Å². The number of Topliss-reactive ketones (excluding diaryl/α,β-unsaturated/α-hetero) is 1. The van der Waals surface area contributed by atoms with Crippen LogP contribution in [0.25, 0.3) is 0 Å². The molecule has 3 heteroatoms. The molecule has 0 fully saturated rings. The lowest BCUT2D eigenvalue weighted by Gasteiger charge is -1.99. The minimum atomic E-state index is 0.114. The van der Waals surface area contributed by atoms with E-state index in [4.69, 9.17) is 5.73 Å². The maximum atomic E-state index is 10.9. The number of rotatable bonds is 4. The molecule has 13 heavy (non-hydrogen) atoms. The van der Waals surface area contributed by atoms with Crippen LogP contribution in [-0.2, 0) is 11.2 Å². The van der Waals surface area contributed by atoms with Crippen molar-refractivity contribution in [3.8, 4) is 0 Å². The molecular formula is C10H12BrNO. The summed E-state index contributed by atoms with van der Waals surface area (Å²) in [5.41, 5.74) is 6.37. The van der Waals surface area contributed by atoms with Crippen molar-refractivity contribution in [1.29, 1.82) is 0 Å². The molecule has 0 radical (unpaired) electrons. The molecule has 0 unspecified atom stereocenters. The molecule has 0 saturated carbocycles. The molecule has 0 bridgehead atoms. The largest absolute Gasteiger partial charge is 0.324 e. The molecule has 0 spiro atoms. The van der Waals surface area contributed by atoms with Gasteiger partial charge in [0.1, 0.15) is 5.78 Å². The van der Waals surface area contributed by atoms with Crippen molar-refractivity contribution in [1.82, 2.24) is 0 Å². The zero-order valence-corrected chi connectivity index (χ0v) is 8.88. The molecule has 1 aromatic rings. The average Bonchev–Trinajstić information content (AvgIpc) is 2.16. The van der Waals surface area contributed by atoms with Gasteiger partial charge in [0.25, 0.3) is 0 Å². The maximum Gasteiger partial charge on any atom is 0.146 e. The van der Waals surface area contributed by atoms with Crippen molar-refractivity contribution < 1.29 is 4.79 Å². The average molecular weight is 242 g/mol. The van der Waals surface area contributed by atoms with Gasteiger partial charge in [0.15, 0.2) is 0 Å².